The molecule has 0 aliphatic heterocycles. The Kier molecular flexibility index (Phi) is 6.07. The second-order valence-corrected chi connectivity index (χ2v) is 7.17. The van der Waals surface area contributed by atoms with E-state index in [2.05, 4.69) is 9.97 Å². The van der Waals surface area contributed by atoms with E-state index in [0.29, 0.717) is 40.9 Å². The zero-order valence-corrected chi connectivity index (χ0v) is 17.8. The van der Waals surface area contributed by atoms with Crippen LogP contribution in [0.2, 0.25) is 0 Å². The van der Waals surface area contributed by atoms with Gasteiger partial charge in [-0.25, -0.2) is 9.97 Å². The summed E-state index contributed by atoms with van der Waals surface area (Å²) in [5.41, 5.74) is 8.85. The number of aromatic hydroxyl groups is 1. The average Bonchev–Trinajstić information content (AvgIpc) is 2.80. The van der Waals surface area contributed by atoms with Gasteiger partial charge in [0, 0.05) is 11.6 Å². The topological polar surface area (TPSA) is 99.7 Å². The minimum atomic E-state index is -0.0101. The zero-order chi connectivity index (χ0) is 22.5. The van der Waals surface area contributed by atoms with Gasteiger partial charge in [0.05, 0.1) is 13.3 Å². The Bertz CT molecular complexity index is 1210. The maximum atomic E-state index is 10.7. The molecule has 0 unspecified atom stereocenters. The third kappa shape index (κ3) is 4.89. The summed E-state index contributed by atoms with van der Waals surface area (Å²) in [7, 11) is 1.60. The van der Waals surface area contributed by atoms with Crippen LogP contribution in [0, 0.1) is 6.92 Å². The summed E-state index contributed by atoms with van der Waals surface area (Å²) < 4.78 is 16.9. The van der Waals surface area contributed by atoms with Gasteiger partial charge in [0.1, 0.15) is 35.3 Å². The van der Waals surface area contributed by atoms with E-state index >= 15 is 0 Å². The van der Waals surface area contributed by atoms with Crippen molar-refractivity contribution < 1.29 is 19.3 Å². The molecule has 3 aromatic carbocycles. The Hall–Kier alpha value is -4.26. The molecule has 0 radical (unpaired) electrons. The fourth-order valence-electron chi connectivity index (χ4n) is 3.08. The van der Waals surface area contributed by atoms with Crippen LogP contribution in [-0.2, 0) is 6.61 Å². The molecule has 0 saturated carbocycles. The Morgan fingerprint density at radius 2 is 1.59 bits per heavy atom. The molecule has 0 aliphatic carbocycles. The van der Waals surface area contributed by atoms with Gasteiger partial charge in [0.2, 0.25) is 5.95 Å². The van der Waals surface area contributed by atoms with Crippen LogP contribution >= 0.6 is 0 Å². The van der Waals surface area contributed by atoms with E-state index in [-0.39, 0.29) is 11.7 Å². The lowest BCUT2D eigenvalue weighted by atomic mass is 10.1. The van der Waals surface area contributed by atoms with Gasteiger partial charge in [-0.05, 0) is 48.9 Å². The number of anilines is 1. The van der Waals surface area contributed by atoms with Crippen LogP contribution in [0.5, 0.6) is 28.7 Å². The van der Waals surface area contributed by atoms with E-state index in [4.69, 9.17) is 19.9 Å². The number of methoxy groups -OCH3 is 1. The molecule has 0 spiro atoms. The number of phenols is 1. The first-order valence-corrected chi connectivity index (χ1v) is 9.98. The van der Waals surface area contributed by atoms with Crippen LogP contribution in [0.4, 0.5) is 5.95 Å². The lowest BCUT2D eigenvalue weighted by Crippen LogP contribution is -2.00. The molecular formula is C25H23N3O4. The molecule has 7 heteroatoms. The lowest BCUT2D eigenvalue weighted by molar-refractivity contribution is 0.304. The third-order valence-corrected chi connectivity index (χ3v) is 4.81. The highest BCUT2D eigenvalue weighted by molar-refractivity contribution is 5.73. The molecule has 0 atom stereocenters. The maximum absolute atomic E-state index is 10.7. The van der Waals surface area contributed by atoms with E-state index in [1.165, 1.54) is 11.8 Å². The van der Waals surface area contributed by atoms with E-state index in [1.807, 2.05) is 31.2 Å². The molecular weight excluding hydrogens is 406 g/mol. The van der Waals surface area contributed by atoms with Crippen molar-refractivity contribution in [3.05, 3.63) is 84.1 Å². The molecule has 162 valence electrons. The average molecular weight is 429 g/mol. The number of nitrogens with two attached hydrogens (primary N) is 1. The Labute approximate surface area is 186 Å². The monoisotopic (exact) mass is 429 g/mol. The second-order valence-electron chi connectivity index (χ2n) is 7.17. The molecule has 3 N–H and O–H groups in total. The quantitative estimate of drug-likeness (QED) is 0.421. The van der Waals surface area contributed by atoms with Crippen LogP contribution < -0.4 is 19.9 Å². The number of rotatable bonds is 7. The summed E-state index contributed by atoms with van der Waals surface area (Å²) in [6.45, 7) is 2.43. The van der Waals surface area contributed by atoms with Gasteiger partial charge in [-0.15, -0.1) is 0 Å². The number of aryl methyl sites for hydroxylation is 1. The molecule has 4 rings (SSSR count). The largest absolute Gasteiger partial charge is 0.507 e. The number of nitrogen functional groups attached to an aromatic ring is 1. The summed E-state index contributed by atoms with van der Waals surface area (Å²) >= 11 is 0. The summed E-state index contributed by atoms with van der Waals surface area (Å²) in [5.74, 6) is 2.23. The van der Waals surface area contributed by atoms with Gasteiger partial charge in [-0.1, -0.05) is 29.8 Å². The van der Waals surface area contributed by atoms with E-state index in [1.54, 1.807) is 49.6 Å². The van der Waals surface area contributed by atoms with Crippen molar-refractivity contribution >= 4 is 5.95 Å². The number of benzene rings is 3. The fourth-order valence-corrected chi connectivity index (χ4v) is 3.08. The van der Waals surface area contributed by atoms with Gasteiger partial charge < -0.3 is 25.1 Å². The first-order valence-electron chi connectivity index (χ1n) is 9.98. The van der Waals surface area contributed by atoms with Crippen molar-refractivity contribution in [2.45, 2.75) is 13.5 Å². The van der Waals surface area contributed by atoms with Gasteiger partial charge in [-0.2, -0.15) is 0 Å². The Balaban J connectivity index is 1.56. The van der Waals surface area contributed by atoms with Gasteiger partial charge >= 0.3 is 0 Å². The molecule has 0 aliphatic rings. The number of aromatic nitrogens is 2. The minimum Gasteiger partial charge on any atom is -0.507 e. The zero-order valence-electron chi connectivity index (χ0n) is 17.8. The smallest absolute Gasteiger partial charge is 0.220 e. The molecule has 1 aromatic heterocycles. The molecule has 0 bridgehead atoms. The number of ether oxygens (including phenoxy) is 3. The predicted molar refractivity (Wildman–Crippen MR) is 122 cm³/mol. The summed E-state index contributed by atoms with van der Waals surface area (Å²) in [4.78, 5) is 8.30. The van der Waals surface area contributed by atoms with Gasteiger partial charge in [0.25, 0.3) is 0 Å². The molecule has 0 fully saturated rings. The minimum absolute atomic E-state index is 0.0101. The maximum Gasteiger partial charge on any atom is 0.220 e. The molecule has 0 amide bonds. The van der Waals surface area contributed by atoms with E-state index in [0.717, 1.165) is 5.56 Å². The molecule has 1 heterocycles. The first kappa shape index (κ1) is 21.0. The van der Waals surface area contributed by atoms with Gasteiger partial charge in [0.15, 0.2) is 5.75 Å². The summed E-state index contributed by atoms with van der Waals surface area (Å²) in [5, 5.41) is 10.7. The molecule has 32 heavy (non-hydrogen) atoms. The Morgan fingerprint density at radius 3 is 2.28 bits per heavy atom. The molecule has 7 nitrogen and oxygen atoms in total. The molecule has 4 aromatic rings. The Morgan fingerprint density at radius 1 is 0.906 bits per heavy atom. The predicted octanol–water partition coefficient (Wildman–Crippen LogP) is 5.12. The van der Waals surface area contributed by atoms with Crippen LogP contribution in [0.25, 0.3) is 11.3 Å². The van der Waals surface area contributed by atoms with Crippen molar-refractivity contribution in [1.82, 2.24) is 9.97 Å². The lowest BCUT2D eigenvalue weighted by Gasteiger charge is -2.13. The van der Waals surface area contributed by atoms with E-state index < -0.39 is 0 Å². The highest BCUT2D eigenvalue weighted by Gasteiger charge is 2.16. The van der Waals surface area contributed by atoms with Crippen molar-refractivity contribution in [2.24, 2.45) is 0 Å². The van der Waals surface area contributed by atoms with Crippen molar-refractivity contribution in [3.8, 4) is 40.0 Å². The number of nitrogens with zero attached hydrogens (tertiary/aromatic N) is 2. The SMILES string of the molecule is COc1ccc(Oc2cnc(N)nc2-c2ccc(OCc3ccc(C)cc3)cc2O)cc1. The van der Waals surface area contributed by atoms with Crippen molar-refractivity contribution in [3.63, 3.8) is 0 Å². The number of phenolic OH excluding ortho intramolecular Hbond substituents is 1. The van der Waals surface area contributed by atoms with Gasteiger partial charge in [-0.3, -0.25) is 0 Å². The highest BCUT2D eigenvalue weighted by atomic mass is 16.5. The molecule has 0 saturated heterocycles. The standard InChI is InChI=1S/C25H23N3O4/c1-16-3-5-17(6-4-16)15-31-20-11-12-21(22(29)13-20)24-23(14-27-25(26)28-24)32-19-9-7-18(30-2)8-10-19/h3-14,29H,15H2,1-2H3,(H2,26,27,28). The van der Waals surface area contributed by atoms with Crippen LogP contribution in [0.15, 0.2) is 72.9 Å². The number of hydrogen-bond donors (Lipinski definition) is 2. The first-order chi connectivity index (χ1) is 15.5. The normalized spacial score (nSPS) is 10.6. The van der Waals surface area contributed by atoms with Crippen LogP contribution in [-0.4, -0.2) is 22.2 Å². The summed E-state index contributed by atoms with van der Waals surface area (Å²) in [6.07, 6.45) is 1.48. The van der Waals surface area contributed by atoms with Crippen molar-refractivity contribution in [1.29, 1.82) is 0 Å². The van der Waals surface area contributed by atoms with Crippen LogP contribution in [0.1, 0.15) is 11.1 Å². The number of hydrogen-bond acceptors (Lipinski definition) is 7. The van der Waals surface area contributed by atoms with E-state index in [9.17, 15) is 5.11 Å². The highest BCUT2D eigenvalue weighted by Crippen LogP contribution is 2.38. The van der Waals surface area contributed by atoms with Crippen molar-refractivity contribution in [2.75, 3.05) is 12.8 Å². The van der Waals surface area contributed by atoms with Crippen LogP contribution in [0.3, 0.4) is 0 Å². The summed E-state index contributed by atoms with van der Waals surface area (Å²) in [6, 6.07) is 20.2. The third-order valence-electron chi connectivity index (χ3n) is 4.81. The second kappa shape index (κ2) is 9.26. The fraction of sp³-hybridized carbons (Fsp3) is 0.120.